The number of nitro benzene ring substituents is 1. The summed E-state index contributed by atoms with van der Waals surface area (Å²) in [5.74, 6) is -0.0283. The Morgan fingerprint density at radius 1 is 1.20 bits per heavy atom. The fourth-order valence-electron chi connectivity index (χ4n) is 3.48. The average molecular weight is 433 g/mol. The number of carbonyl (C=O) groups is 1. The number of sulfonamides is 1. The molecule has 1 fully saturated rings. The largest absolute Gasteiger partial charge is 0.495 e. The quantitative estimate of drug-likeness (QED) is 0.553. The number of piperidine rings is 1. The molecule has 2 aromatic rings. The molecule has 2 aromatic carbocycles. The Balaban J connectivity index is 1.70. The first-order chi connectivity index (χ1) is 14.2. The lowest BCUT2D eigenvalue weighted by molar-refractivity contribution is -0.387. The van der Waals surface area contributed by atoms with Gasteiger partial charge in [-0.15, -0.1) is 0 Å². The second-order valence-electron chi connectivity index (χ2n) is 7.10. The van der Waals surface area contributed by atoms with Gasteiger partial charge >= 0.3 is 0 Å². The van der Waals surface area contributed by atoms with Gasteiger partial charge in [-0.2, -0.15) is 4.31 Å². The molecule has 30 heavy (non-hydrogen) atoms. The number of methoxy groups -OCH3 is 1. The first-order valence-electron chi connectivity index (χ1n) is 9.43. The van der Waals surface area contributed by atoms with E-state index in [0.29, 0.717) is 24.3 Å². The first kappa shape index (κ1) is 21.7. The third-order valence-corrected chi connectivity index (χ3v) is 7.06. The third kappa shape index (κ3) is 4.44. The summed E-state index contributed by atoms with van der Waals surface area (Å²) in [5.41, 5.74) is 1.08. The lowest BCUT2D eigenvalue weighted by atomic mass is 9.97. The summed E-state index contributed by atoms with van der Waals surface area (Å²) in [4.78, 5) is 22.9. The van der Waals surface area contributed by atoms with E-state index in [1.54, 1.807) is 6.07 Å². The fourth-order valence-corrected chi connectivity index (χ4v) is 5.10. The lowest BCUT2D eigenvalue weighted by Crippen LogP contribution is -2.41. The number of aryl methyl sites for hydroxylation is 1. The van der Waals surface area contributed by atoms with Crippen molar-refractivity contribution in [3.8, 4) is 5.75 Å². The normalized spacial score (nSPS) is 15.5. The summed E-state index contributed by atoms with van der Waals surface area (Å²) in [6.07, 6.45) is 0.639. The summed E-state index contributed by atoms with van der Waals surface area (Å²) < 4.78 is 32.3. The highest BCUT2D eigenvalue weighted by Gasteiger charge is 2.35. The third-order valence-electron chi connectivity index (χ3n) is 5.12. The molecule has 3 rings (SSSR count). The van der Waals surface area contributed by atoms with Crippen molar-refractivity contribution < 1.29 is 22.9 Å². The molecule has 1 aliphatic heterocycles. The van der Waals surface area contributed by atoms with Crippen LogP contribution in [0.4, 0.5) is 11.4 Å². The molecule has 1 amide bonds. The molecule has 1 aliphatic rings. The Hall–Kier alpha value is -2.98. The summed E-state index contributed by atoms with van der Waals surface area (Å²) in [6.45, 7) is 2.12. The van der Waals surface area contributed by atoms with E-state index in [4.69, 9.17) is 4.74 Å². The molecule has 160 valence electrons. The van der Waals surface area contributed by atoms with Crippen LogP contribution in [0.5, 0.6) is 5.75 Å². The highest BCUT2D eigenvalue weighted by molar-refractivity contribution is 7.89. The van der Waals surface area contributed by atoms with Crippen LogP contribution in [-0.2, 0) is 14.8 Å². The maximum Gasteiger partial charge on any atom is 0.289 e. The van der Waals surface area contributed by atoms with Gasteiger partial charge in [-0.1, -0.05) is 18.2 Å². The van der Waals surface area contributed by atoms with E-state index >= 15 is 0 Å². The Labute approximate surface area is 174 Å². The Bertz CT molecular complexity index is 1060. The minimum Gasteiger partial charge on any atom is -0.495 e. The Morgan fingerprint density at radius 3 is 2.50 bits per heavy atom. The van der Waals surface area contributed by atoms with E-state index in [9.17, 15) is 23.3 Å². The van der Waals surface area contributed by atoms with Gasteiger partial charge in [-0.25, -0.2) is 8.42 Å². The predicted molar refractivity (Wildman–Crippen MR) is 111 cm³/mol. The molecule has 9 nitrogen and oxygen atoms in total. The van der Waals surface area contributed by atoms with E-state index in [-0.39, 0.29) is 29.8 Å². The standard InChI is InChI=1S/C20H23N3O6S/c1-14-7-8-18(29-2)16(13-14)21-20(24)15-9-11-22(12-10-15)30(27,28)19-6-4-3-5-17(19)23(25)26/h3-8,13,15H,9-12H2,1-2H3,(H,21,24). The first-order valence-corrected chi connectivity index (χ1v) is 10.9. The fraction of sp³-hybridized carbons (Fsp3) is 0.350. The Kier molecular flexibility index (Phi) is 6.37. The number of nitrogens with one attached hydrogen (secondary N) is 1. The molecule has 0 saturated carbocycles. The van der Waals surface area contributed by atoms with Crippen molar-refractivity contribution in [2.75, 3.05) is 25.5 Å². The number of ether oxygens (including phenoxy) is 1. The van der Waals surface area contributed by atoms with Gasteiger partial charge in [-0.3, -0.25) is 14.9 Å². The van der Waals surface area contributed by atoms with Gasteiger partial charge in [0.25, 0.3) is 5.69 Å². The molecule has 0 spiro atoms. The van der Waals surface area contributed by atoms with Crippen LogP contribution in [-0.4, -0.2) is 43.8 Å². The summed E-state index contributed by atoms with van der Waals surface area (Å²) >= 11 is 0. The van der Waals surface area contributed by atoms with Crippen LogP contribution >= 0.6 is 0 Å². The molecule has 1 N–H and O–H groups in total. The molecule has 0 aromatic heterocycles. The summed E-state index contributed by atoms with van der Waals surface area (Å²) in [7, 11) is -2.50. The molecule has 0 radical (unpaired) electrons. The van der Waals surface area contributed by atoms with E-state index in [1.165, 1.54) is 35.7 Å². The zero-order valence-electron chi connectivity index (χ0n) is 16.7. The molecule has 1 saturated heterocycles. The molecular weight excluding hydrogens is 410 g/mol. The molecule has 0 aliphatic carbocycles. The van der Waals surface area contributed by atoms with Gasteiger partial charge in [0.05, 0.1) is 17.7 Å². The number of hydrogen-bond acceptors (Lipinski definition) is 6. The smallest absolute Gasteiger partial charge is 0.289 e. The van der Waals surface area contributed by atoms with Crippen LogP contribution in [0.25, 0.3) is 0 Å². The van der Waals surface area contributed by atoms with Gasteiger partial charge in [-0.05, 0) is 43.5 Å². The Morgan fingerprint density at radius 2 is 1.87 bits per heavy atom. The number of anilines is 1. The monoisotopic (exact) mass is 433 g/mol. The van der Waals surface area contributed by atoms with Crippen molar-refractivity contribution in [2.45, 2.75) is 24.7 Å². The summed E-state index contributed by atoms with van der Waals surface area (Å²) in [6, 6.07) is 10.7. The number of nitro groups is 1. The van der Waals surface area contributed by atoms with Gasteiger partial charge in [0.2, 0.25) is 15.9 Å². The minimum absolute atomic E-state index is 0.109. The number of benzene rings is 2. The number of nitrogens with zero attached hydrogens (tertiary/aromatic N) is 2. The van der Waals surface area contributed by atoms with Crippen LogP contribution in [0.3, 0.4) is 0 Å². The topological polar surface area (TPSA) is 119 Å². The SMILES string of the molecule is COc1ccc(C)cc1NC(=O)C1CCN(S(=O)(=O)c2ccccc2[N+](=O)[O-])CC1. The average Bonchev–Trinajstić information content (AvgIpc) is 2.74. The van der Waals surface area contributed by atoms with E-state index in [0.717, 1.165) is 5.56 Å². The molecule has 0 unspecified atom stereocenters. The van der Waals surface area contributed by atoms with Crippen LogP contribution in [0, 0.1) is 23.0 Å². The molecular formula is C20H23N3O6S. The molecule has 1 heterocycles. The van der Waals surface area contributed by atoms with E-state index < -0.39 is 20.6 Å². The minimum atomic E-state index is -4.02. The van der Waals surface area contributed by atoms with Crippen molar-refractivity contribution in [1.82, 2.24) is 4.31 Å². The van der Waals surface area contributed by atoms with E-state index in [2.05, 4.69) is 5.32 Å². The van der Waals surface area contributed by atoms with Gasteiger partial charge in [0.15, 0.2) is 4.90 Å². The van der Waals surface area contributed by atoms with Crippen molar-refractivity contribution in [2.24, 2.45) is 5.92 Å². The van der Waals surface area contributed by atoms with Crippen molar-refractivity contribution >= 4 is 27.3 Å². The van der Waals surface area contributed by atoms with Crippen LogP contribution < -0.4 is 10.1 Å². The maximum absolute atomic E-state index is 12.9. The second-order valence-corrected chi connectivity index (χ2v) is 9.00. The van der Waals surface area contributed by atoms with E-state index in [1.807, 2.05) is 19.1 Å². The summed E-state index contributed by atoms with van der Waals surface area (Å²) in [5, 5.41) is 14.1. The highest BCUT2D eigenvalue weighted by atomic mass is 32.2. The van der Waals surface area contributed by atoms with Crippen LogP contribution in [0.2, 0.25) is 0 Å². The van der Waals surface area contributed by atoms with Crippen LogP contribution in [0.15, 0.2) is 47.4 Å². The van der Waals surface area contributed by atoms with Crippen molar-refractivity contribution in [3.63, 3.8) is 0 Å². The van der Waals surface area contributed by atoms with Crippen molar-refractivity contribution in [3.05, 3.63) is 58.1 Å². The van der Waals surface area contributed by atoms with Gasteiger partial charge in [0.1, 0.15) is 5.75 Å². The maximum atomic E-state index is 12.9. The molecule has 0 atom stereocenters. The number of carbonyl (C=O) groups excluding carboxylic acids is 1. The predicted octanol–water partition coefficient (Wildman–Crippen LogP) is 2.95. The number of para-hydroxylation sites is 1. The van der Waals surface area contributed by atoms with Crippen LogP contribution in [0.1, 0.15) is 18.4 Å². The second kappa shape index (κ2) is 8.80. The van der Waals surface area contributed by atoms with Crippen molar-refractivity contribution in [1.29, 1.82) is 0 Å². The number of hydrogen-bond donors (Lipinski definition) is 1. The lowest BCUT2D eigenvalue weighted by Gasteiger charge is -2.30. The molecule has 10 heteroatoms. The van der Waals surface area contributed by atoms with Gasteiger partial charge < -0.3 is 10.1 Å². The highest BCUT2D eigenvalue weighted by Crippen LogP contribution is 2.31. The number of amides is 1. The zero-order valence-corrected chi connectivity index (χ0v) is 17.5. The zero-order chi connectivity index (χ0) is 21.9. The van der Waals surface area contributed by atoms with Gasteiger partial charge in [0, 0.05) is 25.1 Å². The molecule has 0 bridgehead atoms. The number of rotatable bonds is 6.